The number of allylic oxidation sites excluding steroid dienone is 2. The molecule has 124 valence electrons. The van der Waals surface area contributed by atoms with Crippen molar-refractivity contribution in [2.75, 3.05) is 5.32 Å². The van der Waals surface area contributed by atoms with Crippen LogP contribution in [0.1, 0.15) is 5.56 Å². The summed E-state index contributed by atoms with van der Waals surface area (Å²) >= 11 is 0. The fourth-order valence-corrected chi connectivity index (χ4v) is 2.53. The zero-order valence-electron chi connectivity index (χ0n) is 13.4. The molecule has 3 rings (SSSR count). The molecule has 7 heteroatoms. The number of hydrogen-bond acceptors (Lipinski definition) is 5. The Morgan fingerprint density at radius 2 is 1.88 bits per heavy atom. The topological polar surface area (TPSA) is 101 Å². The van der Waals surface area contributed by atoms with E-state index in [1.807, 2.05) is 12.1 Å². The van der Waals surface area contributed by atoms with Crippen LogP contribution in [0.5, 0.6) is 0 Å². The highest BCUT2D eigenvalue weighted by atomic mass is 19.1. The Morgan fingerprint density at radius 3 is 2.58 bits per heavy atom. The average Bonchev–Trinajstić information content (AvgIpc) is 3.04. The molecule has 0 aliphatic carbocycles. The van der Waals surface area contributed by atoms with Gasteiger partial charge in [0, 0.05) is 11.1 Å². The van der Waals surface area contributed by atoms with Gasteiger partial charge in [-0.2, -0.15) is 20.9 Å². The molecule has 0 bridgehead atoms. The number of nitriles is 3. The quantitative estimate of drug-likeness (QED) is 0.732. The maximum absolute atomic E-state index is 13.3. The number of aromatic nitrogens is 2. The first-order chi connectivity index (χ1) is 12.6. The van der Waals surface area contributed by atoms with Gasteiger partial charge in [-0.1, -0.05) is 12.1 Å². The lowest BCUT2D eigenvalue weighted by molar-refractivity contribution is 0.621. The van der Waals surface area contributed by atoms with Crippen molar-refractivity contribution < 1.29 is 4.39 Å². The Morgan fingerprint density at radius 1 is 1.08 bits per heavy atom. The van der Waals surface area contributed by atoms with E-state index in [0.717, 1.165) is 16.5 Å². The number of rotatable bonds is 4. The van der Waals surface area contributed by atoms with Crippen LogP contribution in [0, 0.1) is 39.8 Å². The standard InChI is InChI=1S/C19H11FN6/c20-16-3-1-2-13(6-16)12-26-19-5-4-17(7-14(19)11-24-26)25-18(10-23)15(8-21)9-22/h1-7,11,25H,12H2. The van der Waals surface area contributed by atoms with E-state index in [4.69, 9.17) is 15.8 Å². The minimum atomic E-state index is -0.299. The first-order valence-corrected chi connectivity index (χ1v) is 7.56. The van der Waals surface area contributed by atoms with E-state index >= 15 is 0 Å². The maximum Gasteiger partial charge on any atom is 0.163 e. The summed E-state index contributed by atoms with van der Waals surface area (Å²) in [6, 6.07) is 16.8. The number of anilines is 1. The lowest BCUT2D eigenvalue weighted by atomic mass is 10.2. The molecule has 0 saturated heterocycles. The Kier molecular flexibility index (Phi) is 4.60. The van der Waals surface area contributed by atoms with Crippen LogP contribution in [0.15, 0.2) is 59.9 Å². The Balaban J connectivity index is 1.90. The molecule has 0 aliphatic rings. The third-order valence-electron chi connectivity index (χ3n) is 3.72. The molecule has 0 saturated carbocycles. The van der Waals surface area contributed by atoms with Crippen LogP contribution in [-0.2, 0) is 6.54 Å². The van der Waals surface area contributed by atoms with Crippen molar-refractivity contribution in [3.05, 3.63) is 71.3 Å². The number of nitrogens with zero attached hydrogens (tertiary/aromatic N) is 5. The van der Waals surface area contributed by atoms with E-state index in [2.05, 4.69) is 10.4 Å². The lowest BCUT2D eigenvalue weighted by Crippen LogP contribution is -2.02. The molecule has 1 N–H and O–H groups in total. The highest BCUT2D eigenvalue weighted by Gasteiger charge is 2.09. The van der Waals surface area contributed by atoms with Gasteiger partial charge in [-0.3, -0.25) is 4.68 Å². The van der Waals surface area contributed by atoms with Gasteiger partial charge in [-0.05, 0) is 35.9 Å². The fourth-order valence-electron chi connectivity index (χ4n) is 2.53. The summed E-state index contributed by atoms with van der Waals surface area (Å²) in [7, 11) is 0. The van der Waals surface area contributed by atoms with Crippen molar-refractivity contribution in [3.63, 3.8) is 0 Å². The molecule has 0 fully saturated rings. The predicted octanol–water partition coefficient (Wildman–Crippen LogP) is 3.46. The molecule has 0 spiro atoms. The molecular formula is C19H11FN6. The summed E-state index contributed by atoms with van der Waals surface area (Å²) in [5.74, 6) is -0.299. The van der Waals surface area contributed by atoms with Crippen LogP contribution in [0.25, 0.3) is 10.9 Å². The molecule has 26 heavy (non-hydrogen) atoms. The molecule has 1 aromatic heterocycles. The smallest absolute Gasteiger partial charge is 0.163 e. The molecule has 1 heterocycles. The summed E-state index contributed by atoms with van der Waals surface area (Å²) < 4.78 is 15.1. The van der Waals surface area contributed by atoms with Gasteiger partial charge in [0.2, 0.25) is 0 Å². The molecule has 0 amide bonds. The minimum absolute atomic E-state index is 0.110. The van der Waals surface area contributed by atoms with E-state index < -0.39 is 0 Å². The Hall–Kier alpha value is -4.15. The van der Waals surface area contributed by atoms with Crippen molar-refractivity contribution in [1.29, 1.82) is 15.8 Å². The SMILES string of the molecule is N#CC(C#N)=C(C#N)Nc1ccc2c(cnn2Cc2cccc(F)c2)c1. The summed E-state index contributed by atoms with van der Waals surface area (Å²) in [6.45, 7) is 0.421. The summed E-state index contributed by atoms with van der Waals surface area (Å²) in [6.07, 6.45) is 1.66. The Bertz CT molecular complexity index is 1120. The van der Waals surface area contributed by atoms with Crippen LogP contribution in [0.3, 0.4) is 0 Å². The first kappa shape index (κ1) is 16.7. The second kappa shape index (κ2) is 7.17. The number of nitrogens with one attached hydrogen (secondary N) is 1. The van der Waals surface area contributed by atoms with Gasteiger partial charge in [-0.15, -0.1) is 0 Å². The summed E-state index contributed by atoms with van der Waals surface area (Å²) in [5.41, 5.74) is 1.79. The molecule has 6 nitrogen and oxygen atoms in total. The van der Waals surface area contributed by atoms with Gasteiger partial charge in [0.15, 0.2) is 5.57 Å². The van der Waals surface area contributed by atoms with Crippen molar-refractivity contribution in [3.8, 4) is 18.2 Å². The van der Waals surface area contributed by atoms with Gasteiger partial charge in [0.05, 0.1) is 18.3 Å². The van der Waals surface area contributed by atoms with Crippen LogP contribution in [0.2, 0.25) is 0 Å². The largest absolute Gasteiger partial charge is 0.345 e. The van der Waals surface area contributed by atoms with Crippen molar-refractivity contribution in [2.24, 2.45) is 0 Å². The zero-order chi connectivity index (χ0) is 18.5. The number of benzene rings is 2. The molecule has 2 aromatic carbocycles. The molecule has 0 aliphatic heterocycles. The van der Waals surface area contributed by atoms with Crippen LogP contribution >= 0.6 is 0 Å². The summed E-state index contributed by atoms with van der Waals surface area (Å²) in [5, 5.41) is 34.8. The van der Waals surface area contributed by atoms with Gasteiger partial charge in [-0.25, -0.2) is 4.39 Å². The molecule has 0 unspecified atom stereocenters. The van der Waals surface area contributed by atoms with E-state index in [9.17, 15) is 4.39 Å². The Labute approximate surface area is 148 Å². The minimum Gasteiger partial charge on any atom is -0.345 e. The van der Waals surface area contributed by atoms with Gasteiger partial charge in [0.25, 0.3) is 0 Å². The maximum atomic E-state index is 13.3. The van der Waals surface area contributed by atoms with Gasteiger partial charge in [0.1, 0.15) is 29.7 Å². The average molecular weight is 342 g/mol. The van der Waals surface area contributed by atoms with E-state index in [1.165, 1.54) is 12.1 Å². The van der Waals surface area contributed by atoms with E-state index in [-0.39, 0.29) is 17.1 Å². The number of halogens is 1. The van der Waals surface area contributed by atoms with Gasteiger partial charge >= 0.3 is 0 Å². The number of fused-ring (bicyclic) bond motifs is 1. The normalized spacial score (nSPS) is 9.77. The highest BCUT2D eigenvalue weighted by molar-refractivity contribution is 5.83. The van der Waals surface area contributed by atoms with E-state index in [0.29, 0.717) is 12.2 Å². The monoisotopic (exact) mass is 342 g/mol. The second-order valence-corrected chi connectivity index (χ2v) is 5.42. The molecular weight excluding hydrogens is 331 g/mol. The fraction of sp³-hybridized carbons (Fsp3) is 0.0526. The van der Waals surface area contributed by atoms with Gasteiger partial charge < -0.3 is 5.32 Å². The molecule has 0 radical (unpaired) electrons. The first-order valence-electron chi connectivity index (χ1n) is 7.56. The van der Waals surface area contributed by atoms with E-state index in [1.54, 1.807) is 47.3 Å². The van der Waals surface area contributed by atoms with Crippen molar-refractivity contribution in [2.45, 2.75) is 6.54 Å². The third-order valence-corrected chi connectivity index (χ3v) is 3.72. The molecule has 3 aromatic rings. The zero-order valence-corrected chi connectivity index (χ0v) is 13.4. The summed E-state index contributed by atoms with van der Waals surface area (Å²) in [4.78, 5) is 0. The van der Waals surface area contributed by atoms with Crippen LogP contribution in [0.4, 0.5) is 10.1 Å². The number of hydrogen-bond donors (Lipinski definition) is 1. The van der Waals surface area contributed by atoms with Crippen LogP contribution < -0.4 is 5.32 Å². The lowest BCUT2D eigenvalue weighted by Gasteiger charge is -2.07. The predicted molar refractivity (Wildman–Crippen MR) is 92.7 cm³/mol. The van der Waals surface area contributed by atoms with Crippen LogP contribution in [-0.4, -0.2) is 9.78 Å². The second-order valence-electron chi connectivity index (χ2n) is 5.42. The van der Waals surface area contributed by atoms with Crippen molar-refractivity contribution >= 4 is 16.6 Å². The molecule has 0 atom stereocenters. The third kappa shape index (κ3) is 3.36. The highest BCUT2D eigenvalue weighted by Crippen LogP contribution is 2.21. The van der Waals surface area contributed by atoms with Crippen molar-refractivity contribution in [1.82, 2.24) is 9.78 Å².